The Morgan fingerprint density at radius 2 is 1.89 bits per heavy atom. The third-order valence-corrected chi connectivity index (χ3v) is 7.43. The molecule has 4 rings (SSSR count). The maximum absolute atomic E-state index is 15.2. The van der Waals surface area contributed by atoms with Gasteiger partial charge in [-0.05, 0) is 25.1 Å². The Labute approximate surface area is 221 Å². The summed E-state index contributed by atoms with van der Waals surface area (Å²) in [5.74, 6) is -0.289. The summed E-state index contributed by atoms with van der Waals surface area (Å²) in [6, 6.07) is 14.5. The van der Waals surface area contributed by atoms with Crippen molar-refractivity contribution < 1.29 is 18.7 Å². The van der Waals surface area contributed by atoms with E-state index in [1.54, 1.807) is 30.0 Å². The lowest BCUT2D eigenvalue weighted by Gasteiger charge is -2.24. The van der Waals surface area contributed by atoms with Crippen LogP contribution in [0.5, 0.6) is 0 Å². The highest BCUT2D eigenvalue weighted by Crippen LogP contribution is 2.48. The second-order valence-corrected chi connectivity index (χ2v) is 11.2. The molecular weight excluding hydrogens is 491 g/mol. The second-order valence-electron chi connectivity index (χ2n) is 10.1. The van der Waals surface area contributed by atoms with Crippen molar-refractivity contribution >= 4 is 29.4 Å². The van der Waals surface area contributed by atoms with Crippen LogP contribution in [0.2, 0.25) is 0 Å². The van der Waals surface area contributed by atoms with Gasteiger partial charge in [0.25, 0.3) is 0 Å². The molecule has 3 aromatic rings. The number of benzene rings is 2. The first-order valence-corrected chi connectivity index (χ1v) is 13.3. The number of hydrogen-bond donors (Lipinski definition) is 1. The van der Waals surface area contributed by atoms with Crippen LogP contribution in [0.25, 0.3) is 5.69 Å². The molecule has 0 aliphatic carbocycles. The quantitative estimate of drug-likeness (QED) is 0.459. The van der Waals surface area contributed by atoms with Gasteiger partial charge < -0.3 is 10.1 Å². The largest absolute Gasteiger partial charge is 0.383 e. The van der Waals surface area contributed by atoms with E-state index in [2.05, 4.69) is 5.32 Å². The molecule has 0 saturated carbocycles. The molecule has 1 atom stereocenters. The van der Waals surface area contributed by atoms with Crippen LogP contribution >= 0.6 is 11.8 Å². The molecule has 1 aliphatic heterocycles. The zero-order valence-corrected chi connectivity index (χ0v) is 22.7. The van der Waals surface area contributed by atoms with Crippen molar-refractivity contribution in [2.24, 2.45) is 0 Å². The molecule has 1 N–H and O–H groups in total. The Bertz CT molecular complexity index is 1280. The summed E-state index contributed by atoms with van der Waals surface area (Å²) in [5.41, 5.74) is 3.42. The van der Waals surface area contributed by atoms with Crippen LogP contribution in [0.4, 0.5) is 10.2 Å². The Morgan fingerprint density at radius 1 is 1.19 bits per heavy atom. The fourth-order valence-corrected chi connectivity index (χ4v) is 5.58. The first kappa shape index (κ1) is 26.9. The molecule has 0 radical (unpaired) electrons. The number of nitrogens with one attached hydrogen (secondary N) is 1. The smallest absolute Gasteiger partial charge is 0.240 e. The van der Waals surface area contributed by atoms with Gasteiger partial charge in [0, 0.05) is 30.2 Å². The van der Waals surface area contributed by atoms with Crippen molar-refractivity contribution in [1.29, 1.82) is 0 Å². The highest BCUT2D eigenvalue weighted by Gasteiger charge is 2.40. The SMILES string of the molecule is COCCNC(=O)CN1C(=O)CSC(c2ccccc2F)c2c(C(C)(C)C)nn(-c3ccc(C)cc3)c21. The van der Waals surface area contributed by atoms with E-state index in [0.29, 0.717) is 24.5 Å². The first-order chi connectivity index (χ1) is 17.6. The Morgan fingerprint density at radius 3 is 2.54 bits per heavy atom. The third-order valence-electron chi connectivity index (χ3n) is 6.20. The van der Waals surface area contributed by atoms with Gasteiger partial charge in [0.1, 0.15) is 18.2 Å². The molecule has 1 aromatic heterocycles. The Kier molecular flexibility index (Phi) is 8.04. The molecule has 0 fully saturated rings. The predicted molar refractivity (Wildman–Crippen MR) is 145 cm³/mol. The van der Waals surface area contributed by atoms with Crippen LogP contribution in [0, 0.1) is 12.7 Å². The first-order valence-electron chi connectivity index (χ1n) is 12.2. The van der Waals surface area contributed by atoms with E-state index >= 15 is 4.39 Å². The fourth-order valence-electron chi connectivity index (χ4n) is 4.36. The van der Waals surface area contributed by atoms with Crippen LogP contribution in [-0.4, -0.2) is 54.2 Å². The van der Waals surface area contributed by atoms with E-state index in [1.165, 1.54) is 22.7 Å². The van der Waals surface area contributed by atoms with Gasteiger partial charge in [0.15, 0.2) is 0 Å². The average Bonchev–Trinajstić information content (AvgIpc) is 3.19. The number of carbonyl (C=O) groups excluding carboxylic acids is 2. The Balaban J connectivity index is 1.96. The van der Waals surface area contributed by atoms with E-state index in [9.17, 15) is 9.59 Å². The number of anilines is 1. The van der Waals surface area contributed by atoms with Crippen molar-refractivity contribution in [3.8, 4) is 5.69 Å². The molecule has 1 unspecified atom stereocenters. The van der Waals surface area contributed by atoms with E-state index in [4.69, 9.17) is 9.84 Å². The summed E-state index contributed by atoms with van der Waals surface area (Å²) in [5, 5.41) is 7.34. The molecule has 196 valence electrons. The summed E-state index contributed by atoms with van der Waals surface area (Å²) in [4.78, 5) is 28.0. The van der Waals surface area contributed by atoms with Crippen LogP contribution in [-0.2, 0) is 19.7 Å². The summed E-state index contributed by atoms with van der Waals surface area (Å²) in [6.45, 7) is 8.67. The summed E-state index contributed by atoms with van der Waals surface area (Å²) in [6.07, 6.45) is 0. The van der Waals surface area contributed by atoms with Gasteiger partial charge in [-0.15, -0.1) is 11.8 Å². The van der Waals surface area contributed by atoms with Crippen LogP contribution in [0.1, 0.15) is 48.4 Å². The molecule has 37 heavy (non-hydrogen) atoms. The number of rotatable bonds is 7. The molecule has 0 saturated heterocycles. The maximum atomic E-state index is 15.2. The molecule has 0 bridgehead atoms. The molecule has 7 nitrogen and oxygen atoms in total. The topological polar surface area (TPSA) is 76.5 Å². The number of thioether (sulfide) groups is 1. The highest BCUT2D eigenvalue weighted by atomic mass is 32.2. The summed E-state index contributed by atoms with van der Waals surface area (Å²) >= 11 is 1.36. The predicted octanol–water partition coefficient (Wildman–Crippen LogP) is 4.55. The van der Waals surface area contributed by atoms with Gasteiger partial charge in [0.2, 0.25) is 11.8 Å². The number of ether oxygens (including phenoxy) is 1. The minimum Gasteiger partial charge on any atom is -0.383 e. The van der Waals surface area contributed by atoms with Crippen molar-refractivity contribution in [3.63, 3.8) is 0 Å². The lowest BCUT2D eigenvalue weighted by atomic mass is 9.87. The number of halogens is 1. The van der Waals surface area contributed by atoms with Gasteiger partial charge in [-0.3, -0.25) is 14.5 Å². The maximum Gasteiger partial charge on any atom is 0.240 e. The van der Waals surface area contributed by atoms with E-state index in [0.717, 1.165) is 22.5 Å². The monoisotopic (exact) mass is 524 g/mol. The van der Waals surface area contributed by atoms with Crippen molar-refractivity contribution in [2.45, 2.75) is 38.4 Å². The van der Waals surface area contributed by atoms with Gasteiger partial charge >= 0.3 is 0 Å². The highest BCUT2D eigenvalue weighted by molar-refractivity contribution is 8.00. The number of aromatic nitrogens is 2. The number of nitrogens with zero attached hydrogens (tertiary/aromatic N) is 3. The van der Waals surface area contributed by atoms with Gasteiger partial charge in [-0.1, -0.05) is 56.7 Å². The van der Waals surface area contributed by atoms with E-state index in [-0.39, 0.29) is 29.9 Å². The fraction of sp³-hybridized carbons (Fsp3) is 0.393. The van der Waals surface area contributed by atoms with Crippen molar-refractivity contribution in [2.75, 3.05) is 37.5 Å². The minimum atomic E-state index is -0.477. The molecular formula is C28H33FN4O3S. The summed E-state index contributed by atoms with van der Waals surface area (Å²) in [7, 11) is 1.56. The molecule has 0 spiro atoms. The van der Waals surface area contributed by atoms with E-state index < -0.39 is 10.7 Å². The van der Waals surface area contributed by atoms with Crippen LogP contribution in [0.15, 0.2) is 48.5 Å². The number of carbonyl (C=O) groups is 2. The number of hydrogen-bond acceptors (Lipinski definition) is 5. The summed E-state index contributed by atoms with van der Waals surface area (Å²) < 4.78 is 21.9. The molecule has 2 aromatic carbocycles. The number of aryl methyl sites for hydroxylation is 1. The van der Waals surface area contributed by atoms with Crippen molar-refractivity contribution in [3.05, 3.63) is 76.7 Å². The lowest BCUT2D eigenvalue weighted by molar-refractivity contribution is -0.123. The van der Waals surface area contributed by atoms with Gasteiger partial charge in [-0.2, -0.15) is 5.10 Å². The van der Waals surface area contributed by atoms with Gasteiger partial charge in [0.05, 0.1) is 29.0 Å². The number of fused-ring (bicyclic) bond motifs is 1. The zero-order chi connectivity index (χ0) is 26.7. The number of amides is 2. The van der Waals surface area contributed by atoms with Gasteiger partial charge in [-0.25, -0.2) is 9.07 Å². The molecule has 1 aliphatic rings. The van der Waals surface area contributed by atoms with Crippen LogP contribution < -0.4 is 10.2 Å². The second kappa shape index (κ2) is 11.1. The minimum absolute atomic E-state index is 0.0938. The van der Waals surface area contributed by atoms with E-state index in [1.807, 2.05) is 52.0 Å². The molecule has 2 amide bonds. The van der Waals surface area contributed by atoms with Crippen molar-refractivity contribution in [1.82, 2.24) is 15.1 Å². The molecule has 9 heteroatoms. The Hall–Kier alpha value is -3.17. The third kappa shape index (κ3) is 5.72. The molecule has 2 heterocycles. The van der Waals surface area contributed by atoms with Crippen LogP contribution in [0.3, 0.4) is 0 Å². The average molecular weight is 525 g/mol. The lowest BCUT2D eigenvalue weighted by Crippen LogP contribution is -2.43. The standard InChI is InChI=1S/C28H33FN4O3S/c1-18-10-12-19(13-11-18)33-27-24(26(31-33)28(2,3)4)25(20-8-6-7-9-21(20)29)37-17-23(35)32(27)16-22(34)30-14-15-36-5/h6-13,25H,14-17H2,1-5H3,(H,30,34). The number of methoxy groups -OCH3 is 1. The zero-order valence-electron chi connectivity index (χ0n) is 21.9. The normalized spacial score (nSPS) is 15.9.